The van der Waals surface area contributed by atoms with Gasteiger partial charge >= 0.3 is 0 Å². The number of carbonyl (C=O) groups excluding carboxylic acids is 1. The predicted octanol–water partition coefficient (Wildman–Crippen LogP) is 2.33. The Balaban J connectivity index is 2.15. The van der Waals surface area contributed by atoms with Gasteiger partial charge in [-0.2, -0.15) is 4.98 Å². The highest BCUT2D eigenvalue weighted by Gasteiger charge is 2.19. The summed E-state index contributed by atoms with van der Waals surface area (Å²) in [6.45, 7) is 2.49. The Bertz CT molecular complexity index is 671. The molecule has 0 radical (unpaired) electrons. The number of hydrogen-bond donors (Lipinski definition) is 0. The summed E-state index contributed by atoms with van der Waals surface area (Å²) in [5, 5.41) is 0. The molecular weight excluding hydrogens is 294 g/mol. The summed E-state index contributed by atoms with van der Waals surface area (Å²) in [4.78, 5) is 22.7. The molecule has 0 saturated heterocycles. The molecule has 0 saturated carbocycles. The number of aromatic nitrogens is 2. The van der Waals surface area contributed by atoms with Crippen LogP contribution >= 0.6 is 0 Å². The summed E-state index contributed by atoms with van der Waals surface area (Å²) in [7, 11) is 4.71. The molecule has 6 heteroatoms. The fourth-order valence-electron chi connectivity index (χ4n) is 2.13. The third kappa shape index (κ3) is 3.97. The summed E-state index contributed by atoms with van der Waals surface area (Å²) in [5.41, 5.74) is 2.39. The first-order valence-corrected chi connectivity index (χ1v) is 7.37. The molecule has 2 aromatic rings. The Kier molecular flexibility index (Phi) is 5.51. The van der Waals surface area contributed by atoms with E-state index in [-0.39, 0.29) is 11.8 Å². The van der Waals surface area contributed by atoms with Crippen LogP contribution in [-0.4, -0.2) is 42.0 Å². The van der Waals surface area contributed by atoms with E-state index in [1.54, 1.807) is 24.1 Å². The monoisotopic (exact) mass is 315 g/mol. The van der Waals surface area contributed by atoms with Gasteiger partial charge in [-0.25, -0.2) is 0 Å². The van der Waals surface area contributed by atoms with Gasteiger partial charge in [0.1, 0.15) is 5.56 Å². The topological polar surface area (TPSA) is 64.6 Å². The Morgan fingerprint density at radius 1 is 1.17 bits per heavy atom. The number of carbonyl (C=O) groups is 1. The van der Waals surface area contributed by atoms with E-state index in [2.05, 4.69) is 16.9 Å². The third-order valence-electron chi connectivity index (χ3n) is 3.51. The van der Waals surface area contributed by atoms with Gasteiger partial charge in [-0.05, 0) is 24.1 Å². The zero-order valence-corrected chi connectivity index (χ0v) is 13.9. The smallest absolute Gasteiger partial charge is 0.259 e. The van der Waals surface area contributed by atoms with Gasteiger partial charge in [0.05, 0.1) is 26.5 Å². The molecule has 0 bridgehead atoms. The number of methoxy groups -OCH3 is 2. The predicted molar refractivity (Wildman–Crippen MR) is 86.8 cm³/mol. The maximum atomic E-state index is 12.6. The molecule has 1 amide bonds. The van der Waals surface area contributed by atoms with Gasteiger partial charge in [0.15, 0.2) is 0 Å². The number of amides is 1. The van der Waals surface area contributed by atoms with Crippen molar-refractivity contribution >= 4 is 5.91 Å². The minimum absolute atomic E-state index is 0.182. The molecule has 2 heterocycles. The van der Waals surface area contributed by atoms with Gasteiger partial charge in [0, 0.05) is 19.3 Å². The van der Waals surface area contributed by atoms with Crippen LogP contribution in [0.2, 0.25) is 0 Å². The summed E-state index contributed by atoms with van der Waals surface area (Å²) >= 11 is 0. The number of pyridine rings is 2. The van der Waals surface area contributed by atoms with Crippen LogP contribution in [-0.2, 0) is 13.0 Å². The fourth-order valence-corrected chi connectivity index (χ4v) is 2.13. The van der Waals surface area contributed by atoms with Crippen LogP contribution in [0.25, 0.3) is 0 Å². The van der Waals surface area contributed by atoms with E-state index in [0.29, 0.717) is 18.0 Å². The van der Waals surface area contributed by atoms with E-state index in [0.717, 1.165) is 12.1 Å². The van der Waals surface area contributed by atoms with Gasteiger partial charge in [0.2, 0.25) is 11.8 Å². The normalized spacial score (nSPS) is 10.3. The molecule has 0 N–H and O–H groups in total. The van der Waals surface area contributed by atoms with Crippen molar-refractivity contribution in [1.82, 2.24) is 14.9 Å². The SMILES string of the molecule is CCc1ccc(CN(C)C(=O)c2ccc(OC)nc2OC)nc1. The molecule has 0 aliphatic carbocycles. The van der Waals surface area contributed by atoms with E-state index in [1.807, 2.05) is 18.3 Å². The standard InChI is InChI=1S/C17H21N3O3/c1-5-12-6-7-13(18-10-12)11-20(2)17(21)14-8-9-15(22-3)19-16(14)23-4/h6-10H,5,11H2,1-4H3. The van der Waals surface area contributed by atoms with E-state index < -0.39 is 0 Å². The number of hydrogen-bond acceptors (Lipinski definition) is 5. The third-order valence-corrected chi connectivity index (χ3v) is 3.51. The first-order valence-electron chi connectivity index (χ1n) is 7.37. The van der Waals surface area contributed by atoms with Crippen molar-refractivity contribution in [2.24, 2.45) is 0 Å². The van der Waals surface area contributed by atoms with E-state index in [1.165, 1.54) is 19.8 Å². The van der Waals surface area contributed by atoms with Gasteiger partial charge in [-0.1, -0.05) is 13.0 Å². The van der Waals surface area contributed by atoms with Crippen LogP contribution in [0.15, 0.2) is 30.5 Å². The molecule has 122 valence electrons. The average molecular weight is 315 g/mol. The number of nitrogens with zero attached hydrogens (tertiary/aromatic N) is 3. The van der Waals surface area contributed by atoms with E-state index >= 15 is 0 Å². The number of ether oxygens (including phenoxy) is 2. The van der Waals surface area contributed by atoms with Crippen molar-refractivity contribution in [2.45, 2.75) is 19.9 Å². The zero-order chi connectivity index (χ0) is 16.8. The second kappa shape index (κ2) is 7.58. The van der Waals surface area contributed by atoms with Crippen molar-refractivity contribution in [2.75, 3.05) is 21.3 Å². The summed E-state index contributed by atoms with van der Waals surface area (Å²) in [5.74, 6) is 0.465. The minimum atomic E-state index is -0.182. The highest BCUT2D eigenvalue weighted by atomic mass is 16.5. The van der Waals surface area contributed by atoms with Gasteiger partial charge in [-0.15, -0.1) is 0 Å². The van der Waals surface area contributed by atoms with Crippen LogP contribution in [0.3, 0.4) is 0 Å². The van der Waals surface area contributed by atoms with Crippen molar-refractivity contribution in [3.05, 3.63) is 47.3 Å². The summed E-state index contributed by atoms with van der Waals surface area (Å²) < 4.78 is 10.2. The van der Waals surface area contributed by atoms with Gasteiger partial charge in [-0.3, -0.25) is 9.78 Å². The largest absolute Gasteiger partial charge is 0.481 e. The first kappa shape index (κ1) is 16.7. The molecule has 23 heavy (non-hydrogen) atoms. The molecule has 6 nitrogen and oxygen atoms in total. The number of rotatable bonds is 6. The van der Waals surface area contributed by atoms with Crippen LogP contribution in [0.1, 0.15) is 28.5 Å². The molecular formula is C17H21N3O3. The molecule has 0 spiro atoms. The fraction of sp³-hybridized carbons (Fsp3) is 0.353. The van der Waals surface area contributed by atoms with Crippen LogP contribution < -0.4 is 9.47 Å². The average Bonchev–Trinajstić information content (AvgIpc) is 2.61. The number of aryl methyl sites for hydroxylation is 1. The van der Waals surface area contributed by atoms with Crippen LogP contribution in [0.5, 0.6) is 11.8 Å². The van der Waals surface area contributed by atoms with E-state index in [9.17, 15) is 4.79 Å². The lowest BCUT2D eigenvalue weighted by molar-refractivity contribution is 0.0779. The Morgan fingerprint density at radius 3 is 2.52 bits per heavy atom. The molecule has 0 aromatic carbocycles. The molecule has 0 aliphatic heterocycles. The molecule has 2 rings (SSSR count). The Labute approximate surface area is 136 Å². The quantitative estimate of drug-likeness (QED) is 0.818. The lowest BCUT2D eigenvalue weighted by Crippen LogP contribution is -2.27. The lowest BCUT2D eigenvalue weighted by atomic mass is 10.2. The lowest BCUT2D eigenvalue weighted by Gasteiger charge is -2.18. The van der Waals surface area contributed by atoms with Crippen molar-refractivity contribution in [1.29, 1.82) is 0 Å². The first-order chi connectivity index (χ1) is 11.1. The molecule has 0 atom stereocenters. The van der Waals surface area contributed by atoms with Crippen LogP contribution in [0.4, 0.5) is 0 Å². The zero-order valence-electron chi connectivity index (χ0n) is 13.9. The Hall–Kier alpha value is -2.63. The van der Waals surface area contributed by atoms with Crippen molar-refractivity contribution in [3.8, 4) is 11.8 Å². The van der Waals surface area contributed by atoms with Crippen molar-refractivity contribution < 1.29 is 14.3 Å². The Morgan fingerprint density at radius 2 is 1.96 bits per heavy atom. The van der Waals surface area contributed by atoms with Crippen molar-refractivity contribution in [3.63, 3.8) is 0 Å². The molecule has 0 unspecified atom stereocenters. The maximum Gasteiger partial charge on any atom is 0.259 e. The highest BCUT2D eigenvalue weighted by Crippen LogP contribution is 2.21. The minimum Gasteiger partial charge on any atom is -0.481 e. The summed E-state index contributed by atoms with van der Waals surface area (Å²) in [6, 6.07) is 7.25. The highest BCUT2D eigenvalue weighted by molar-refractivity contribution is 5.96. The maximum absolute atomic E-state index is 12.6. The van der Waals surface area contributed by atoms with Gasteiger partial charge in [0.25, 0.3) is 5.91 Å². The summed E-state index contributed by atoms with van der Waals surface area (Å²) in [6.07, 6.45) is 2.78. The second-order valence-electron chi connectivity index (χ2n) is 5.08. The molecule has 0 fully saturated rings. The van der Waals surface area contributed by atoms with E-state index in [4.69, 9.17) is 9.47 Å². The molecule has 0 aliphatic rings. The second-order valence-corrected chi connectivity index (χ2v) is 5.08. The van der Waals surface area contributed by atoms with Gasteiger partial charge < -0.3 is 14.4 Å². The van der Waals surface area contributed by atoms with Crippen LogP contribution in [0, 0.1) is 0 Å². The molecule has 2 aromatic heterocycles.